The van der Waals surface area contributed by atoms with Crippen LogP contribution in [0.25, 0.3) is 11.1 Å². The third-order valence-corrected chi connectivity index (χ3v) is 7.26. The number of methoxy groups -OCH3 is 1. The van der Waals surface area contributed by atoms with E-state index in [9.17, 15) is 5.11 Å². The van der Waals surface area contributed by atoms with Crippen LogP contribution in [0.2, 0.25) is 0 Å². The Morgan fingerprint density at radius 2 is 2.06 bits per heavy atom. The Morgan fingerprint density at radius 3 is 2.72 bits per heavy atom. The Morgan fingerprint density at radius 1 is 1.33 bits per heavy atom. The third kappa shape index (κ3) is 6.14. The second-order valence-electron chi connectivity index (χ2n) is 10.2. The van der Waals surface area contributed by atoms with Crippen molar-refractivity contribution < 1.29 is 14.6 Å². The molecule has 2 aromatic heterocycles. The molecule has 0 amide bonds. The van der Waals surface area contributed by atoms with Crippen LogP contribution in [0.3, 0.4) is 0 Å². The molecule has 0 unspecified atom stereocenters. The van der Waals surface area contributed by atoms with E-state index in [-0.39, 0.29) is 6.04 Å². The standard InChI is InChI=1S/C27H40N6O3/c1-19(18-35-5)30-26(28-4)31-33-20(2)23(17-24(33)21-6-9-27(3,34)10-7-21)22-8-11-29-25(16-22)32-12-14-36-15-13-32/h8,11,16-17,19,21,34H,4,6-7,9-10,12-15,18H2,1-3,5H3,(H,30,31)/t19-,21?,27?/m0/s1. The first-order valence-corrected chi connectivity index (χ1v) is 12.9. The quantitative estimate of drug-likeness (QED) is 0.448. The number of rotatable bonds is 7. The zero-order valence-electron chi connectivity index (χ0n) is 22.0. The molecule has 3 heterocycles. The van der Waals surface area contributed by atoms with Crippen LogP contribution in [-0.4, -0.2) is 79.1 Å². The van der Waals surface area contributed by atoms with Gasteiger partial charge in [0.2, 0.25) is 5.96 Å². The predicted octanol–water partition coefficient (Wildman–Crippen LogP) is 3.74. The molecule has 1 saturated heterocycles. The maximum Gasteiger partial charge on any atom is 0.237 e. The van der Waals surface area contributed by atoms with Gasteiger partial charge in [-0.1, -0.05) is 0 Å². The summed E-state index contributed by atoms with van der Waals surface area (Å²) < 4.78 is 12.9. The summed E-state index contributed by atoms with van der Waals surface area (Å²) in [6.07, 6.45) is 5.27. The molecular formula is C27H40N6O3. The highest BCUT2D eigenvalue weighted by Gasteiger charge is 2.32. The second kappa shape index (κ2) is 11.5. The van der Waals surface area contributed by atoms with Gasteiger partial charge < -0.3 is 19.5 Å². The Labute approximate surface area is 214 Å². The van der Waals surface area contributed by atoms with E-state index in [1.807, 2.05) is 20.0 Å². The first-order chi connectivity index (χ1) is 17.3. The summed E-state index contributed by atoms with van der Waals surface area (Å²) in [6, 6.07) is 6.44. The lowest BCUT2D eigenvalue weighted by Crippen LogP contribution is -2.36. The maximum atomic E-state index is 10.5. The summed E-state index contributed by atoms with van der Waals surface area (Å²) in [5.41, 5.74) is 7.31. The Balaban J connectivity index is 1.71. The average Bonchev–Trinajstić information content (AvgIpc) is 3.20. The minimum atomic E-state index is -0.595. The Bertz CT molecular complexity index is 1060. The fraction of sp³-hybridized carbons (Fsp3) is 0.593. The van der Waals surface area contributed by atoms with Gasteiger partial charge in [-0.05, 0) is 76.9 Å². The van der Waals surface area contributed by atoms with Gasteiger partial charge in [-0.2, -0.15) is 0 Å². The van der Waals surface area contributed by atoms with Crippen LogP contribution < -0.4 is 10.3 Å². The zero-order valence-corrected chi connectivity index (χ0v) is 22.0. The van der Waals surface area contributed by atoms with Crippen LogP contribution in [0.5, 0.6) is 0 Å². The van der Waals surface area contributed by atoms with Crippen LogP contribution in [0.1, 0.15) is 56.8 Å². The summed E-state index contributed by atoms with van der Waals surface area (Å²) in [4.78, 5) is 15.7. The van der Waals surface area contributed by atoms with Crippen molar-refractivity contribution in [2.24, 2.45) is 9.98 Å². The van der Waals surface area contributed by atoms with E-state index < -0.39 is 5.60 Å². The number of aliphatic imine (C=N–C) groups is 2. The van der Waals surface area contributed by atoms with E-state index in [2.05, 4.69) is 61.8 Å². The van der Waals surface area contributed by atoms with Gasteiger partial charge in [0.15, 0.2) is 0 Å². The van der Waals surface area contributed by atoms with E-state index in [4.69, 9.17) is 9.47 Å². The number of hydrogen-bond donors (Lipinski definition) is 2. The second-order valence-corrected chi connectivity index (χ2v) is 10.2. The SMILES string of the molecule is C=NC(=N[C@@H](C)COC)Nn1c(C2CCC(C)(O)CC2)cc(-c2ccnc(N3CCOCC3)c2)c1C. The van der Waals surface area contributed by atoms with Crippen LogP contribution in [-0.2, 0) is 9.47 Å². The molecule has 1 aliphatic carbocycles. The van der Waals surface area contributed by atoms with Gasteiger partial charge in [-0.3, -0.25) is 10.1 Å². The van der Waals surface area contributed by atoms with Crippen LogP contribution in [0.15, 0.2) is 34.4 Å². The van der Waals surface area contributed by atoms with E-state index in [1.165, 1.54) is 5.69 Å². The molecule has 1 saturated carbocycles. The summed E-state index contributed by atoms with van der Waals surface area (Å²) in [5, 5.41) is 10.5. The number of anilines is 1. The van der Waals surface area contributed by atoms with E-state index in [0.717, 1.165) is 74.6 Å². The number of guanidine groups is 1. The van der Waals surface area contributed by atoms with Crippen molar-refractivity contribution in [3.8, 4) is 11.1 Å². The fourth-order valence-corrected chi connectivity index (χ4v) is 5.15. The molecule has 2 aliphatic rings. The molecule has 0 bridgehead atoms. The number of nitrogens with one attached hydrogen (secondary N) is 1. The van der Waals surface area contributed by atoms with E-state index >= 15 is 0 Å². The molecule has 36 heavy (non-hydrogen) atoms. The highest BCUT2D eigenvalue weighted by atomic mass is 16.5. The van der Waals surface area contributed by atoms with Crippen molar-refractivity contribution in [3.05, 3.63) is 35.8 Å². The Hall–Kier alpha value is -2.75. The van der Waals surface area contributed by atoms with Gasteiger partial charge in [0, 0.05) is 49.3 Å². The fourth-order valence-electron chi connectivity index (χ4n) is 5.15. The lowest BCUT2D eigenvalue weighted by molar-refractivity contribution is 0.0166. The summed E-state index contributed by atoms with van der Waals surface area (Å²) >= 11 is 0. The molecule has 4 rings (SSSR count). The van der Waals surface area contributed by atoms with Crippen LogP contribution in [0, 0.1) is 6.92 Å². The number of aliphatic hydroxyl groups is 1. The van der Waals surface area contributed by atoms with Crippen molar-refractivity contribution in [2.75, 3.05) is 50.3 Å². The molecular weight excluding hydrogens is 456 g/mol. The van der Waals surface area contributed by atoms with Gasteiger partial charge in [0.05, 0.1) is 31.5 Å². The molecule has 0 spiro atoms. The number of ether oxygens (including phenoxy) is 2. The smallest absolute Gasteiger partial charge is 0.237 e. The first kappa shape index (κ1) is 26.3. The van der Waals surface area contributed by atoms with Crippen molar-refractivity contribution in [3.63, 3.8) is 0 Å². The van der Waals surface area contributed by atoms with Crippen molar-refractivity contribution in [1.82, 2.24) is 9.66 Å². The minimum Gasteiger partial charge on any atom is -0.390 e. The van der Waals surface area contributed by atoms with Gasteiger partial charge in [-0.15, -0.1) is 0 Å². The number of pyridine rings is 1. The predicted molar refractivity (Wildman–Crippen MR) is 145 cm³/mol. The number of nitrogens with zero attached hydrogens (tertiary/aromatic N) is 5. The highest BCUT2D eigenvalue weighted by molar-refractivity contribution is 5.91. The van der Waals surface area contributed by atoms with Gasteiger partial charge >= 0.3 is 0 Å². The molecule has 9 nitrogen and oxygen atoms in total. The van der Waals surface area contributed by atoms with Crippen molar-refractivity contribution >= 4 is 18.5 Å². The molecule has 0 aromatic carbocycles. The van der Waals surface area contributed by atoms with Gasteiger partial charge in [0.1, 0.15) is 5.82 Å². The summed E-state index contributed by atoms with van der Waals surface area (Å²) in [5.74, 6) is 1.74. The highest BCUT2D eigenvalue weighted by Crippen LogP contribution is 2.40. The zero-order chi connectivity index (χ0) is 25.7. The number of aromatic nitrogens is 2. The summed E-state index contributed by atoms with van der Waals surface area (Å²) in [7, 11) is 1.67. The molecule has 2 N–H and O–H groups in total. The lowest BCUT2D eigenvalue weighted by Gasteiger charge is -2.33. The monoisotopic (exact) mass is 496 g/mol. The van der Waals surface area contributed by atoms with Crippen LogP contribution in [0.4, 0.5) is 5.82 Å². The van der Waals surface area contributed by atoms with Crippen LogP contribution >= 0.6 is 0 Å². The lowest BCUT2D eigenvalue weighted by atomic mass is 9.78. The molecule has 196 valence electrons. The molecule has 2 fully saturated rings. The number of morpholine rings is 1. The average molecular weight is 497 g/mol. The molecule has 1 aliphatic heterocycles. The molecule has 1 atom stereocenters. The van der Waals surface area contributed by atoms with Gasteiger partial charge in [-0.25, -0.2) is 15.0 Å². The third-order valence-electron chi connectivity index (χ3n) is 7.26. The first-order valence-electron chi connectivity index (χ1n) is 12.9. The van der Waals surface area contributed by atoms with E-state index in [0.29, 0.717) is 18.5 Å². The van der Waals surface area contributed by atoms with E-state index in [1.54, 1.807) is 7.11 Å². The molecule has 2 aromatic rings. The van der Waals surface area contributed by atoms with Crippen molar-refractivity contribution in [2.45, 2.75) is 64.0 Å². The molecule has 0 radical (unpaired) electrons. The molecule has 9 heteroatoms. The van der Waals surface area contributed by atoms with Gasteiger partial charge in [0.25, 0.3) is 0 Å². The topological polar surface area (TPSA) is 96.5 Å². The largest absolute Gasteiger partial charge is 0.390 e. The normalized spacial score (nSPS) is 24.0. The number of hydrogen-bond acceptors (Lipinski definition) is 6. The summed E-state index contributed by atoms with van der Waals surface area (Å²) in [6.45, 7) is 13.4. The minimum absolute atomic E-state index is 0.0529. The van der Waals surface area contributed by atoms with Crippen molar-refractivity contribution in [1.29, 1.82) is 0 Å². The Kier molecular flexibility index (Phi) is 8.43. The maximum absolute atomic E-state index is 10.5.